The van der Waals surface area contributed by atoms with E-state index in [9.17, 15) is 4.79 Å². The molecule has 1 saturated heterocycles. The molecule has 1 aromatic heterocycles. The Hall–Kier alpha value is -2.24. The number of nitrogens with two attached hydrogens (primary N) is 1. The fourth-order valence-electron chi connectivity index (χ4n) is 2.59. The van der Waals surface area contributed by atoms with Crippen molar-refractivity contribution in [2.24, 2.45) is 0 Å². The molecule has 1 aliphatic rings. The Balaban J connectivity index is 2.05. The van der Waals surface area contributed by atoms with Crippen molar-refractivity contribution in [3.05, 3.63) is 18.2 Å². The second-order valence-electron chi connectivity index (χ2n) is 4.97. The molecule has 6 heteroatoms. The SMILES string of the molecule is CCCOc1cccc2c1nc(N)n2C1CNC(=O)C1. The largest absolute Gasteiger partial charge is 0.491 e. The van der Waals surface area contributed by atoms with E-state index in [1.807, 2.05) is 22.8 Å². The Kier molecular flexibility index (Phi) is 3.22. The normalized spacial score (nSPS) is 18.4. The first-order valence-electron chi connectivity index (χ1n) is 6.86. The van der Waals surface area contributed by atoms with E-state index in [1.54, 1.807) is 0 Å². The highest BCUT2D eigenvalue weighted by molar-refractivity contribution is 5.85. The maximum Gasteiger partial charge on any atom is 0.222 e. The second kappa shape index (κ2) is 5.03. The molecular formula is C14H18N4O2. The summed E-state index contributed by atoms with van der Waals surface area (Å²) >= 11 is 0. The molecule has 0 spiro atoms. The molecule has 1 unspecified atom stereocenters. The van der Waals surface area contributed by atoms with Gasteiger partial charge in [-0.25, -0.2) is 4.98 Å². The van der Waals surface area contributed by atoms with Gasteiger partial charge in [0, 0.05) is 13.0 Å². The van der Waals surface area contributed by atoms with Crippen LogP contribution in [0.4, 0.5) is 5.95 Å². The lowest BCUT2D eigenvalue weighted by molar-refractivity contribution is -0.119. The highest BCUT2D eigenvalue weighted by atomic mass is 16.5. The first-order valence-corrected chi connectivity index (χ1v) is 6.86. The van der Waals surface area contributed by atoms with E-state index in [0.717, 1.165) is 23.2 Å². The number of carbonyl (C=O) groups excluding carboxylic acids is 1. The van der Waals surface area contributed by atoms with Crippen molar-refractivity contribution in [3.8, 4) is 5.75 Å². The van der Waals surface area contributed by atoms with E-state index in [1.165, 1.54) is 0 Å². The van der Waals surface area contributed by atoms with Gasteiger partial charge in [0.2, 0.25) is 11.9 Å². The second-order valence-corrected chi connectivity index (χ2v) is 4.97. The van der Waals surface area contributed by atoms with Crippen LogP contribution in [0.1, 0.15) is 25.8 Å². The number of nitrogens with one attached hydrogen (secondary N) is 1. The van der Waals surface area contributed by atoms with Gasteiger partial charge in [-0.1, -0.05) is 13.0 Å². The highest BCUT2D eigenvalue weighted by Crippen LogP contribution is 2.31. The van der Waals surface area contributed by atoms with E-state index in [4.69, 9.17) is 10.5 Å². The van der Waals surface area contributed by atoms with Crippen LogP contribution in [0.15, 0.2) is 18.2 Å². The summed E-state index contributed by atoms with van der Waals surface area (Å²) in [6.07, 6.45) is 1.38. The molecule has 20 heavy (non-hydrogen) atoms. The lowest BCUT2D eigenvalue weighted by Gasteiger charge is -2.12. The Morgan fingerprint density at radius 1 is 1.55 bits per heavy atom. The number of anilines is 1. The van der Waals surface area contributed by atoms with Gasteiger partial charge in [-0.2, -0.15) is 0 Å². The van der Waals surface area contributed by atoms with Gasteiger partial charge in [-0.15, -0.1) is 0 Å². The zero-order valence-corrected chi connectivity index (χ0v) is 11.4. The summed E-state index contributed by atoms with van der Waals surface area (Å²) in [4.78, 5) is 15.8. The number of aromatic nitrogens is 2. The molecule has 106 valence electrons. The van der Waals surface area contributed by atoms with Crippen LogP contribution in [0.2, 0.25) is 0 Å². The molecule has 2 heterocycles. The number of nitrogens with zero attached hydrogens (tertiary/aromatic N) is 2. The zero-order valence-electron chi connectivity index (χ0n) is 11.4. The summed E-state index contributed by atoms with van der Waals surface area (Å²) in [5.41, 5.74) is 7.71. The molecule has 1 aromatic carbocycles. The van der Waals surface area contributed by atoms with Crippen LogP contribution in [-0.4, -0.2) is 28.6 Å². The number of benzene rings is 1. The van der Waals surface area contributed by atoms with Gasteiger partial charge in [0.25, 0.3) is 0 Å². The van der Waals surface area contributed by atoms with Gasteiger partial charge in [-0.05, 0) is 18.6 Å². The number of nitrogen functional groups attached to an aromatic ring is 1. The van der Waals surface area contributed by atoms with E-state index in [2.05, 4.69) is 17.2 Å². The third-order valence-electron chi connectivity index (χ3n) is 3.49. The van der Waals surface area contributed by atoms with Crippen LogP contribution in [0.25, 0.3) is 11.0 Å². The van der Waals surface area contributed by atoms with Crippen molar-refractivity contribution in [2.75, 3.05) is 18.9 Å². The van der Waals surface area contributed by atoms with Gasteiger partial charge < -0.3 is 20.4 Å². The molecule has 0 saturated carbocycles. The predicted octanol–water partition coefficient (Wildman–Crippen LogP) is 1.47. The number of para-hydroxylation sites is 1. The molecule has 0 radical (unpaired) electrons. The van der Waals surface area contributed by atoms with Crippen molar-refractivity contribution in [3.63, 3.8) is 0 Å². The smallest absolute Gasteiger partial charge is 0.222 e. The Bertz CT molecular complexity index is 650. The van der Waals surface area contributed by atoms with Crippen LogP contribution in [0.3, 0.4) is 0 Å². The Morgan fingerprint density at radius 2 is 2.40 bits per heavy atom. The van der Waals surface area contributed by atoms with Crippen molar-refractivity contribution in [1.82, 2.24) is 14.9 Å². The van der Waals surface area contributed by atoms with Crippen molar-refractivity contribution in [1.29, 1.82) is 0 Å². The lowest BCUT2D eigenvalue weighted by atomic mass is 10.2. The minimum absolute atomic E-state index is 0.0222. The molecule has 0 aliphatic carbocycles. The van der Waals surface area contributed by atoms with Crippen LogP contribution in [-0.2, 0) is 4.79 Å². The number of amides is 1. The lowest BCUT2D eigenvalue weighted by Crippen LogP contribution is -2.16. The molecule has 2 aromatic rings. The van der Waals surface area contributed by atoms with E-state index in [0.29, 0.717) is 25.5 Å². The van der Waals surface area contributed by atoms with Gasteiger partial charge in [0.15, 0.2) is 0 Å². The van der Waals surface area contributed by atoms with Gasteiger partial charge >= 0.3 is 0 Å². The number of rotatable bonds is 4. The third-order valence-corrected chi connectivity index (χ3v) is 3.49. The number of fused-ring (bicyclic) bond motifs is 1. The molecule has 1 aliphatic heterocycles. The standard InChI is InChI=1S/C14H18N4O2/c1-2-6-20-11-5-3-4-10-13(11)17-14(15)18(10)9-7-12(19)16-8-9/h3-5,9H,2,6-8H2,1H3,(H2,15,17)(H,16,19). The number of carbonyl (C=O) groups is 1. The highest BCUT2D eigenvalue weighted by Gasteiger charge is 2.26. The minimum Gasteiger partial charge on any atom is -0.491 e. The van der Waals surface area contributed by atoms with Crippen molar-refractivity contribution < 1.29 is 9.53 Å². The molecule has 1 amide bonds. The van der Waals surface area contributed by atoms with Crippen LogP contribution >= 0.6 is 0 Å². The summed E-state index contributed by atoms with van der Waals surface area (Å²) in [6, 6.07) is 5.80. The maximum atomic E-state index is 11.4. The topological polar surface area (TPSA) is 82.2 Å². The molecule has 1 atom stereocenters. The van der Waals surface area contributed by atoms with Crippen LogP contribution in [0.5, 0.6) is 5.75 Å². The van der Waals surface area contributed by atoms with Gasteiger partial charge in [0.1, 0.15) is 11.3 Å². The quantitative estimate of drug-likeness (QED) is 0.884. The third kappa shape index (κ3) is 2.07. The predicted molar refractivity (Wildman–Crippen MR) is 76.6 cm³/mol. The summed E-state index contributed by atoms with van der Waals surface area (Å²) in [5, 5.41) is 2.82. The summed E-state index contributed by atoms with van der Waals surface area (Å²) in [7, 11) is 0. The Labute approximate surface area is 116 Å². The van der Waals surface area contributed by atoms with Crippen LogP contribution < -0.4 is 15.8 Å². The minimum atomic E-state index is 0.0222. The van der Waals surface area contributed by atoms with Crippen LogP contribution in [0, 0.1) is 0 Å². The van der Waals surface area contributed by atoms with E-state index >= 15 is 0 Å². The summed E-state index contributed by atoms with van der Waals surface area (Å²) in [6.45, 7) is 3.30. The van der Waals surface area contributed by atoms with Gasteiger partial charge in [-0.3, -0.25) is 4.79 Å². The number of hydrogen-bond donors (Lipinski definition) is 2. The average Bonchev–Trinajstić information content (AvgIpc) is 2.99. The first-order chi connectivity index (χ1) is 9.70. The monoisotopic (exact) mass is 274 g/mol. The number of ether oxygens (including phenoxy) is 1. The van der Waals surface area contributed by atoms with Gasteiger partial charge in [0.05, 0.1) is 18.2 Å². The average molecular weight is 274 g/mol. The summed E-state index contributed by atoms with van der Waals surface area (Å²) < 4.78 is 7.63. The van der Waals surface area contributed by atoms with Crippen molar-refractivity contribution in [2.45, 2.75) is 25.8 Å². The van der Waals surface area contributed by atoms with E-state index < -0.39 is 0 Å². The fraction of sp³-hybridized carbons (Fsp3) is 0.429. The molecule has 3 N–H and O–H groups in total. The molecule has 0 bridgehead atoms. The first kappa shape index (κ1) is 12.8. The fourth-order valence-corrected chi connectivity index (χ4v) is 2.59. The van der Waals surface area contributed by atoms with E-state index in [-0.39, 0.29) is 11.9 Å². The number of hydrogen-bond acceptors (Lipinski definition) is 4. The molecular weight excluding hydrogens is 256 g/mol. The number of imidazole rings is 1. The maximum absolute atomic E-state index is 11.4. The molecule has 6 nitrogen and oxygen atoms in total. The summed E-state index contributed by atoms with van der Waals surface area (Å²) in [5.74, 6) is 1.22. The van der Waals surface area contributed by atoms with Crippen molar-refractivity contribution >= 4 is 22.9 Å². The molecule has 3 rings (SSSR count). The molecule has 1 fully saturated rings. The Morgan fingerprint density at radius 3 is 3.10 bits per heavy atom. The zero-order chi connectivity index (χ0) is 14.1.